The van der Waals surface area contributed by atoms with Gasteiger partial charge < -0.3 is 21.1 Å². The Balaban J connectivity index is 2.04. The van der Waals surface area contributed by atoms with Gasteiger partial charge in [-0.2, -0.15) is 0 Å². The minimum atomic E-state index is -1.12. The molecule has 1 fully saturated rings. The molecular weight excluding hydrogens is 264 g/mol. The summed E-state index contributed by atoms with van der Waals surface area (Å²) in [6, 6.07) is 0.231. The minimum Gasteiger partial charge on any atom is -0.480 e. The number of carboxylic acid groups (broad SMARTS) is 1. The zero-order valence-corrected chi connectivity index (χ0v) is 11.6. The summed E-state index contributed by atoms with van der Waals surface area (Å²) in [7, 11) is 0. The highest BCUT2D eigenvalue weighted by Gasteiger charge is 2.27. The first-order valence-electron chi connectivity index (χ1n) is 6.77. The number of carbonyl (C=O) groups is 3. The molecule has 0 aromatic carbocycles. The van der Waals surface area contributed by atoms with Crippen molar-refractivity contribution in [2.24, 2.45) is 0 Å². The lowest BCUT2D eigenvalue weighted by Crippen LogP contribution is -2.45. The van der Waals surface area contributed by atoms with E-state index in [2.05, 4.69) is 27.8 Å². The maximum Gasteiger partial charge on any atom is 0.322 e. The van der Waals surface area contributed by atoms with Crippen LogP contribution in [-0.2, 0) is 9.59 Å². The van der Waals surface area contributed by atoms with Gasteiger partial charge in [-0.25, -0.2) is 4.79 Å². The van der Waals surface area contributed by atoms with Crippen LogP contribution in [0, 0.1) is 0 Å². The maximum absolute atomic E-state index is 11.4. The van der Waals surface area contributed by atoms with E-state index in [1.807, 2.05) is 0 Å². The number of nitrogens with zero attached hydrogens (tertiary/aromatic N) is 1. The van der Waals surface area contributed by atoms with E-state index in [1.165, 1.54) is 12.8 Å². The van der Waals surface area contributed by atoms with Crippen molar-refractivity contribution in [3.05, 3.63) is 0 Å². The molecule has 8 heteroatoms. The van der Waals surface area contributed by atoms with Gasteiger partial charge in [0.15, 0.2) is 0 Å². The second-order valence-corrected chi connectivity index (χ2v) is 4.64. The summed E-state index contributed by atoms with van der Waals surface area (Å²) in [5.41, 5.74) is 0. The smallest absolute Gasteiger partial charge is 0.322 e. The van der Waals surface area contributed by atoms with Crippen LogP contribution in [0.5, 0.6) is 0 Å². The van der Waals surface area contributed by atoms with Crippen LogP contribution in [0.25, 0.3) is 0 Å². The Labute approximate surface area is 117 Å². The predicted octanol–water partition coefficient (Wildman–Crippen LogP) is -1.03. The molecule has 1 rings (SSSR count). The summed E-state index contributed by atoms with van der Waals surface area (Å²) in [6.07, 6.45) is 2.45. The standard InChI is InChI=1S/C12H22N4O4/c1-2-16(9-3-4-9)6-5-13-12(20)15-7-10(17)14-8-11(18)19/h9H,2-8H2,1H3,(H,14,17)(H,18,19)(H2,13,15,20). The van der Waals surface area contributed by atoms with Crippen molar-refractivity contribution in [3.8, 4) is 0 Å². The number of nitrogens with one attached hydrogen (secondary N) is 3. The third-order valence-electron chi connectivity index (χ3n) is 3.00. The summed E-state index contributed by atoms with van der Waals surface area (Å²) in [5.74, 6) is -1.65. The number of hydrogen-bond donors (Lipinski definition) is 4. The minimum absolute atomic E-state index is 0.237. The Morgan fingerprint density at radius 3 is 2.40 bits per heavy atom. The molecule has 0 bridgehead atoms. The summed E-state index contributed by atoms with van der Waals surface area (Å²) >= 11 is 0. The Hall–Kier alpha value is -1.83. The van der Waals surface area contributed by atoms with E-state index in [1.54, 1.807) is 0 Å². The zero-order valence-electron chi connectivity index (χ0n) is 11.6. The third kappa shape index (κ3) is 6.93. The molecule has 20 heavy (non-hydrogen) atoms. The molecule has 0 aromatic heterocycles. The lowest BCUT2D eigenvalue weighted by atomic mass is 10.4. The van der Waals surface area contributed by atoms with Crippen molar-refractivity contribution < 1.29 is 19.5 Å². The molecule has 114 valence electrons. The average molecular weight is 286 g/mol. The molecule has 0 aromatic rings. The van der Waals surface area contributed by atoms with Gasteiger partial charge in [0.05, 0.1) is 6.54 Å². The summed E-state index contributed by atoms with van der Waals surface area (Å²) in [6.45, 7) is 3.68. The molecule has 0 heterocycles. The lowest BCUT2D eigenvalue weighted by Gasteiger charge is -2.19. The number of rotatable bonds is 9. The van der Waals surface area contributed by atoms with Gasteiger partial charge in [0.25, 0.3) is 0 Å². The molecule has 0 unspecified atom stereocenters. The monoisotopic (exact) mass is 286 g/mol. The van der Waals surface area contributed by atoms with Gasteiger partial charge in [0, 0.05) is 19.1 Å². The van der Waals surface area contributed by atoms with Crippen LogP contribution in [0.4, 0.5) is 4.79 Å². The van der Waals surface area contributed by atoms with Gasteiger partial charge in [-0.3, -0.25) is 14.5 Å². The fraction of sp³-hybridized carbons (Fsp3) is 0.750. The SMILES string of the molecule is CCN(CCNC(=O)NCC(=O)NCC(=O)O)C1CC1. The van der Waals surface area contributed by atoms with E-state index >= 15 is 0 Å². The Bertz CT molecular complexity index is 357. The van der Waals surface area contributed by atoms with Crippen LogP contribution in [0.3, 0.4) is 0 Å². The molecule has 8 nitrogen and oxygen atoms in total. The van der Waals surface area contributed by atoms with Crippen molar-refractivity contribution >= 4 is 17.9 Å². The highest BCUT2D eigenvalue weighted by Crippen LogP contribution is 2.25. The molecule has 4 N–H and O–H groups in total. The number of amides is 3. The molecule has 0 saturated heterocycles. The number of hydrogen-bond acceptors (Lipinski definition) is 4. The van der Waals surface area contributed by atoms with Crippen LogP contribution in [0.1, 0.15) is 19.8 Å². The third-order valence-corrected chi connectivity index (χ3v) is 3.00. The van der Waals surface area contributed by atoms with Crippen molar-refractivity contribution in [2.45, 2.75) is 25.8 Å². The summed E-state index contributed by atoms with van der Waals surface area (Å²) in [5, 5.41) is 15.5. The van der Waals surface area contributed by atoms with E-state index in [0.29, 0.717) is 12.6 Å². The molecule has 1 aliphatic rings. The summed E-state index contributed by atoms with van der Waals surface area (Å²) in [4.78, 5) is 35.1. The quantitative estimate of drug-likeness (QED) is 0.433. The normalized spacial score (nSPS) is 13.9. The van der Waals surface area contributed by atoms with Crippen molar-refractivity contribution in [1.82, 2.24) is 20.9 Å². The van der Waals surface area contributed by atoms with Gasteiger partial charge in [0.1, 0.15) is 6.54 Å². The van der Waals surface area contributed by atoms with Crippen LogP contribution in [0.2, 0.25) is 0 Å². The number of aliphatic carboxylic acids is 1. The summed E-state index contributed by atoms with van der Waals surface area (Å²) < 4.78 is 0. The van der Waals surface area contributed by atoms with E-state index in [-0.39, 0.29) is 6.54 Å². The van der Waals surface area contributed by atoms with E-state index in [4.69, 9.17) is 5.11 Å². The van der Waals surface area contributed by atoms with Crippen molar-refractivity contribution in [3.63, 3.8) is 0 Å². The molecule has 0 radical (unpaired) electrons. The predicted molar refractivity (Wildman–Crippen MR) is 72.3 cm³/mol. The highest BCUT2D eigenvalue weighted by molar-refractivity contribution is 5.86. The average Bonchev–Trinajstić information content (AvgIpc) is 3.23. The van der Waals surface area contributed by atoms with Gasteiger partial charge in [-0.15, -0.1) is 0 Å². The number of carboxylic acids is 1. The first-order valence-corrected chi connectivity index (χ1v) is 6.77. The van der Waals surface area contributed by atoms with E-state index in [9.17, 15) is 14.4 Å². The van der Waals surface area contributed by atoms with Gasteiger partial charge in [0.2, 0.25) is 5.91 Å². The Morgan fingerprint density at radius 1 is 1.15 bits per heavy atom. The molecule has 3 amide bonds. The lowest BCUT2D eigenvalue weighted by molar-refractivity contribution is -0.137. The molecule has 0 spiro atoms. The van der Waals surface area contributed by atoms with Gasteiger partial charge >= 0.3 is 12.0 Å². The van der Waals surface area contributed by atoms with Crippen molar-refractivity contribution in [2.75, 3.05) is 32.7 Å². The van der Waals surface area contributed by atoms with Crippen LogP contribution < -0.4 is 16.0 Å². The molecular formula is C12H22N4O4. The van der Waals surface area contributed by atoms with Crippen LogP contribution >= 0.6 is 0 Å². The van der Waals surface area contributed by atoms with E-state index < -0.39 is 24.5 Å². The molecule has 1 aliphatic carbocycles. The first kappa shape index (κ1) is 16.2. The fourth-order valence-electron chi connectivity index (χ4n) is 1.81. The topological polar surface area (TPSA) is 111 Å². The second-order valence-electron chi connectivity index (χ2n) is 4.64. The van der Waals surface area contributed by atoms with E-state index in [0.717, 1.165) is 13.1 Å². The molecule has 0 aliphatic heterocycles. The molecule has 1 saturated carbocycles. The maximum atomic E-state index is 11.4. The number of urea groups is 1. The zero-order chi connectivity index (χ0) is 15.0. The van der Waals surface area contributed by atoms with Gasteiger partial charge in [-0.05, 0) is 19.4 Å². The van der Waals surface area contributed by atoms with Gasteiger partial charge in [-0.1, -0.05) is 6.92 Å². The van der Waals surface area contributed by atoms with Crippen LogP contribution in [0.15, 0.2) is 0 Å². The largest absolute Gasteiger partial charge is 0.480 e. The Morgan fingerprint density at radius 2 is 1.85 bits per heavy atom. The molecule has 0 atom stereocenters. The fourth-order valence-corrected chi connectivity index (χ4v) is 1.81. The highest BCUT2D eigenvalue weighted by atomic mass is 16.4. The first-order chi connectivity index (χ1) is 9.52. The van der Waals surface area contributed by atoms with Crippen LogP contribution in [-0.4, -0.2) is 66.7 Å². The second kappa shape index (κ2) is 8.36. The number of carbonyl (C=O) groups excluding carboxylic acids is 2. The van der Waals surface area contributed by atoms with Crippen molar-refractivity contribution in [1.29, 1.82) is 0 Å². The Kier molecular flexibility index (Phi) is 6.78. The number of likely N-dealkylation sites (N-methyl/N-ethyl adjacent to an activating group) is 1.